The van der Waals surface area contributed by atoms with Crippen LogP contribution in [0.5, 0.6) is 0 Å². The molecule has 0 saturated heterocycles. The van der Waals surface area contributed by atoms with Gasteiger partial charge in [-0.05, 0) is 44.0 Å². The van der Waals surface area contributed by atoms with E-state index in [2.05, 4.69) is 36.8 Å². The summed E-state index contributed by atoms with van der Waals surface area (Å²) >= 11 is 8.17. The maximum absolute atomic E-state index is 10.8. The number of nitrogens with two attached hydrogens (primary N) is 1. The van der Waals surface area contributed by atoms with E-state index in [1.165, 1.54) is 11.3 Å². The van der Waals surface area contributed by atoms with Crippen molar-refractivity contribution in [3.05, 3.63) is 38.2 Å². The molecule has 0 aliphatic rings. The molecule has 1 unspecified atom stereocenters. The molecule has 2 aromatic rings. The molecule has 0 fully saturated rings. The van der Waals surface area contributed by atoms with E-state index in [0.717, 1.165) is 19.5 Å². The van der Waals surface area contributed by atoms with Gasteiger partial charge in [0, 0.05) is 19.9 Å². The van der Waals surface area contributed by atoms with Gasteiger partial charge in [-0.2, -0.15) is 0 Å². The number of benzene rings is 1. The Labute approximate surface area is 124 Å². The molecule has 0 amide bonds. The first-order chi connectivity index (χ1) is 8.49. The lowest BCUT2D eigenvalue weighted by atomic mass is 10.2. The molecule has 0 bridgehead atoms. The Balaban J connectivity index is 2.35. The lowest BCUT2D eigenvalue weighted by molar-refractivity contribution is -0.138. The first-order valence-electron chi connectivity index (χ1n) is 4.88. The Hall–Kier alpha value is -0.760. The third-order valence-corrected chi connectivity index (χ3v) is 5.06. The van der Waals surface area contributed by atoms with Gasteiger partial charge in [0.05, 0.1) is 5.69 Å². The maximum atomic E-state index is 10.8. The van der Waals surface area contributed by atoms with Crippen LogP contribution >= 0.6 is 43.2 Å². The number of carboxylic acids is 1. The number of aliphatic carboxylic acids is 1. The number of carboxylic acid groups (broad SMARTS) is 1. The SMILES string of the molecule is NC(C(=O)O)c1csc(-c2ccc(Br)c(Br)c2)n1. The summed E-state index contributed by atoms with van der Waals surface area (Å²) in [4.78, 5) is 15.0. The third kappa shape index (κ3) is 2.80. The van der Waals surface area contributed by atoms with Crippen LogP contribution in [0.1, 0.15) is 11.7 Å². The summed E-state index contributed by atoms with van der Waals surface area (Å²) in [6.07, 6.45) is 0. The predicted molar refractivity (Wildman–Crippen MR) is 77.5 cm³/mol. The second kappa shape index (κ2) is 5.48. The fourth-order valence-corrected chi connectivity index (χ4v) is 2.80. The molecule has 0 aliphatic heterocycles. The molecule has 1 aromatic carbocycles. The summed E-state index contributed by atoms with van der Waals surface area (Å²) in [6, 6.07) is 4.65. The van der Waals surface area contributed by atoms with E-state index < -0.39 is 12.0 Å². The van der Waals surface area contributed by atoms with E-state index in [1.54, 1.807) is 5.38 Å². The van der Waals surface area contributed by atoms with E-state index in [4.69, 9.17) is 10.8 Å². The van der Waals surface area contributed by atoms with Gasteiger partial charge < -0.3 is 10.8 Å². The first kappa shape index (κ1) is 13.7. The molecule has 1 heterocycles. The quantitative estimate of drug-likeness (QED) is 0.840. The Bertz CT molecular complexity index is 600. The Kier molecular flexibility index (Phi) is 4.16. The van der Waals surface area contributed by atoms with Gasteiger partial charge in [0.2, 0.25) is 0 Å². The number of thiazole rings is 1. The van der Waals surface area contributed by atoms with Crippen LogP contribution in [0.25, 0.3) is 10.6 Å². The molecule has 0 saturated carbocycles. The van der Waals surface area contributed by atoms with Crippen molar-refractivity contribution in [1.82, 2.24) is 4.98 Å². The van der Waals surface area contributed by atoms with Crippen LogP contribution in [0.15, 0.2) is 32.5 Å². The zero-order valence-electron chi connectivity index (χ0n) is 8.93. The predicted octanol–water partition coefficient (Wildman–Crippen LogP) is 3.42. The van der Waals surface area contributed by atoms with Gasteiger partial charge in [-0.25, -0.2) is 4.98 Å². The van der Waals surface area contributed by atoms with Crippen molar-refractivity contribution in [3.8, 4) is 10.6 Å². The van der Waals surface area contributed by atoms with Crippen LogP contribution in [0, 0.1) is 0 Å². The van der Waals surface area contributed by atoms with E-state index in [0.29, 0.717) is 5.69 Å². The highest BCUT2D eigenvalue weighted by atomic mass is 79.9. The van der Waals surface area contributed by atoms with Crippen LogP contribution in [0.2, 0.25) is 0 Å². The van der Waals surface area contributed by atoms with Gasteiger partial charge in [-0.15, -0.1) is 11.3 Å². The van der Waals surface area contributed by atoms with Crippen LogP contribution in [-0.4, -0.2) is 16.1 Å². The lowest BCUT2D eigenvalue weighted by Crippen LogP contribution is -2.20. The fourth-order valence-electron chi connectivity index (χ4n) is 1.32. The van der Waals surface area contributed by atoms with Gasteiger partial charge in [0.25, 0.3) is 0 Å². The van der Waals surface area contributed by atoms with Crippen LogP contribution in [0.4, 0.5) is 0 Å². The van der Waals surface area contributed by atoms with Crippen molar-refractivity contribution in [2.45, 2.75) is 6.04 Å². The Morgan fingerprint density at radius 2 is 2.11 bits per heavy atom. The average molecular weight is 392 g/mol. The first-order valence-corrected chi connectivity index (χ1v) is 7.35. The summed E-state index contributed by atoms with van der Waals surface area (Å²) in [5.74, 6) is -1.08. The maximum Gasteiger partial charge on any atom is 0.326 e. The van der Waals surface area contributed by atoms with E-state index in [-0.39, 0.29) is 0 Å². The van der Waals surface area contributed by atoms with Gasteiger partial charge in [-0.1, -0.05) is 6.07 Å². The summed E-state index contributed by atoms with van der Waals surface area (Å²) in [7, 11) is 0. The van der Waals surface area contributed by atoms with Crippen molar-refractivity contribution < 1.29 is 9.90 Å². The minimum atomic E-state index is -1.08. The largest absolute Gasteiger partial charge is 0.480 e. The van der Waals surface area contributed by atoms with Gasteiger partial charge in [0.15, 0.2) is 0 Å². The van der Waals surface area contributed by atoms with Crippen molar-refractivity contribution in [3.63, 3.8) is 0 Å². The van der Waals surface area contributed by atoms with Crippen molar-refractivity contribution >= 4 is 49.2 Å². The molecule has 94 valence electrons. The van der Waals surface area contributed by atoms with E-state index >= 15 is 0 Å². The fraction of sp³-hybridized carbons (Fsp3) is 0.0909. The molecule has 1 atom stereocenters. The Morgan fingerprint density at radius 3 is 2.72 bits per heavy atom. The van der Waals surface area contributed by atoms with Crippen LogP contribution in [-0.2, 0) is 4.79 Å². The number of halogens is 2. The van der Waals surface area contributed by atoms with Gasteiger partial charge in [0.1, 0.15) is 11.0 Å². The van der Waals surface area contributed by atoms with E-state index in [9.17, 15) is 4.79 Å². The van der Waals surface area contributed by atoms with Crippen molar-refractivity contribution in [1.29, 1.82) is 0 Å². The highest BCUT2D eigenvalue weighted by Gasteiger charge is 2.18. The topological polar surface area (TPSA) is 76.2 Å². The zero-order valence-corrected chi connectivity index (χ0v) is 12.9. The normalized spacial score (nSPS) is 12.4. The smallest absolute Gasteiger partial charge is 0.326 e. The molecule has 0 radical (unpaired) electrons. The van der Waals surface area contributed by atoms with Crippen LogP contribution in [0.3, 0.4) is 0 Å². The molecule has 3 N–H and O–H groups in total. The number of hydrogen-bond acceptors (Lipinski definition) is 4. The standard InChI is InChI=1S/C11H8Br2N2O2S/c12-6-2-1-5(3-7(6)13)10-15-8(4-18-10)9(14)11(16)17/h1-4,9H,14H2,(H,16,17). The molecule has 4 nitrogen and oxygen atoms in total. The summed E-state index contributed by atoms with van der Waals surface area (Å²) in [5, 5.41) is 11.2. The average Bonchev–Trinajstić information content (AvgIpc) is 2.81. The highest BCUT2D eigenvalue weighted by Crippen LogP contribution is 2.31. The third-order valence-electron chi connectivity index (χ3n) is 2.27. The summed E-state index contributed by atoms with van der Waals surface area (Å²) in [6.45, 7) is 0. The second-order valence-electron chi connectivity index (χ2n) is 3.52. The molecule has 0 aliphatic carbocycles. The molecule has 2 rings (SSSR count). The highest BCUT2D eigenvalue weighted by molar-refractivity contribution is 9.13. The monoisotopic (exact) mass is 390 g/mol. The number of hydrogen-bond donors (Lipinski definition) is 2. The number of nitrogens with zero attached hydrogens (tertiary/aromatic N) is 1. The van der Waals surface area contributed by atoms with E-state index in [1.807, 2.05) is 18.2 Å². The lowest BCUT2D eigenvalue weighted by Gasteiger charge is -2.02. The zero-order chi connectivity index (χ0) is 13.3. The molecule has 7 heteroatoms. The molecule has 18 heavy (non-hydrogen) atoms. The molecular weight excluding hydrogens is 384 g/mol. The number of rotatable bonds is 3. The van der Waals surface area contributed by atoms with Crippen molar-refractivity contribution in [2.24, 2.45) is 5.73 Å². The molecule has 1 aromatic heterocycles. The Morgan fingerprint density at radius 1 is 1.39 bits per heavy atom. The molecular formula is C11H8Br2N2O2S. The number of carbonyl (C=O) groups is 1. The molecule has 0 spiro atoms. The summed E-state index contributed by atoms with van der Waals surface area (Å²) in [5.41, 5.74) is 6.80. The second-order valence-corrected chi connectivity index (χ2v) is 6.09. The van der Waals surface area contributed by atoms with Crippen LogP contribution < -0.4 is 5.73 Å². The van der Waals surface area contributed by atoms with Gasteiger partial charge >= 0.3 is 5.97 Å². The van der Waals surface area contributed by atoms with Crippen molar-refractivity contribution in [2.75, 3.05) is 0 Å². The number of aromatic nitrogens is 1. The minimum absolute atomic E-state index is 0.376. The summed E-state index contributed by atoms with van der Waals surface area (Å²) < 4.78 is 1.87. The van der Waals surface area contributed by atoms with Gasteiger partial charge in [-0.3, -0.25) is 4.79 Å². The minimum Gasteiger partial charge on any atom is -0.480 e.